The Kier molecular flexibility index (Phi) is 6.52. The summed E-state index contributed by atoms with van der Waals surface area (Å²) in [6, 6.07) is 10.2. The van der Waals surface area contributed by atoms with Gasteiger partial charge in [0.15, 0.2) is 0 Å². The van der Waals surface area contributed by atoms with E-state index < -0.39 is 0 Å². The second-order valence-electron chi connectivity index (χ2n) is 7.44. The molecule has 0 bridgehead atoms. The van der Waals surface area contributed by atoms with Crippen LogP contribution >= 0.6 is 11.3 Å². The van der Waals surface area contributed by atoms with Crippen molar-refractivity contribution < 1.29 is 14.3 Å². The van der Waals surface area contributed by atoms with Crippen LogP contribution in [-0.2, 0) is 20.7 Å². The van der Waals surface area contributed by atoms with E-state index in [2.05, 4.69) is 30.5 Å². The van der Waals surface area contributed by atoms with Gasteiger partial charge in [0.2, 0.25) is 11.8 Å². The van der Waals surface area contributed by atoms with Gasteiger partial charge in [-0.3, -0.25) is 9.59 Å². The third kappa shape index (κ3) is 4.13. The number of fused-ring (bicyclic) bond motifs is 1. The molecule has 6 heteroatoms. The fourth-order valence-electron chi connectivity index (χ4n) is 3.82. The average Bonchev–Trinajstić information content (AvgIpc) is 3.14. The van der Waals surface area contributed by atoms with Gasteiger partial charge in [-0.15, -0.1) is 11.3 Å². The number of amides is 2. The summed E-state index contributed by atoms with van der Waals surface area (Å²) in [6.07, 6.45) is 0.856. The van der Waals surface area contributed by atoms with Gasteiger partial charge < -0.3 is 14.5 Å². The summed E-state index contributed by atoms with van der Waals surface area (Å²) in [6.45, 7) is 6.65. The summed E-state index contributed by atoms with van der Waals surface area (Å²) in [5.41, 5.74) is 3.52. The van der Waals surface area contributed by atoms with Gasteiger partial charge in [0, 0.05) is 24.6 Å². The highest BCUT2D eigenvalue weighted by Gasteiger charge is 2.34. The number of nitrogens with zero attached hydrogens (tertiary/aromatic N) is 2. The van der Waals surface area contributed by atoms with E-state index in [9.17, 15) is 9.59 Å². The van der Waals surface area contributed by atoms with Crippen molar-refractivity contribution in [2.24, 2.45) is 0 Å². The van der Waals surface area contributed by atoms with Crippen molar-refractivity contribution in [1.82, 2.24) is 9.80 Å². The second kappa shape index (κ2) is 8.88. The number of aryl methyl sites for hydroxylation is 1. The molecule has 0 spiro atoms. The highest BCUT2D eigenvalue weighted by Crippen LogP contribution is 2.39. The first-order chi connectivity index (χ1) is 13.4. The first-order valence-corrected chi connectivity index (χ1v) is 10.5. The Morgan fingerprint density at radius 2 is 2.00 bits per heavy atom. The SMILES string of the molecule is COCC(=O)N(CC(=O)N1CCc2sccc2[C@@H]1c1ccccc1C)C(C)C. The molecule has 0 radical (unpaired) electrons. The van der Waals surface area contributed by atoms with Crippen molar-refractivity contribution in [2.75, 3.05) is 26.8 Å². The van der Waals surface area contributed by atoms with E-state index in [0.29, 0.717) is 6.54 Å². The van der Waals surface area contributed by atoms with Gasteiger partial charge >= 0.3 is 0 Å². The molecule has 1 aliphatic heterocycles. The Morgan fingerprint density at radius 1 is 1.25 bits per heavy atom. The Balaban J connectivity index is 1.92. The van der Waals surface area contributed by atoms with Crippen LogP contribution in [0.5, 0.6) is 0 Å². The maximum Gasteiger partial charge on any atom is 0.249 e. The maximum atomic E-state index is 13.3. The maximum absolute atomic E-state index is 13.3. The lowest BCUT2D eigenvalue weighted by Gasteiger charge is -2.38. The molecule has 0 saturated heterocycles. The molecule has 2 aromatic rings. The van der Waals surface area contributed by atoms with Crippen LogP contribution in [0.2, 0.25) is 0 Å². The Bertz CT molecular complexity index is 846. The molecule has 0 aliphatic carbocycles. The van der Waals surface area contributed by atoms with E-state index in [-0.39, 0.29) is 37.0 Å². The monoisotopic (exact) mass is 400 g/mol. The minimum Gasteiger partial charge on any atom is -0.375 e. The van der Waals surface area contributed by atoms with Crippen LogP contribution in [0.25, 0.3) is 0 Å². The third-order valence-electron chi connectivity index (χ3n) is 5.29. The predicted octanol–water partition coefficient (Wildman–Crippen LogP) is 3.41. The normalized spacial score (nSPS) is 16.2. The fourth-order valence-corrected chi connectivity index (χ4v) is 4.72. The summed E-state index contributed by atoms with van der Waals surface area (Å²) in [7, 11) is 1.50. The zero-order valence-corrected chi connectivity index (χ0v) is 17.8. The number of thiophene rings is 1. The van der Waals surface area contributed by atoms with Gasteiger partial charge in [-0.2, -0.15) is 0 Å². The van der Waals surface area contributed by atoms with Crippen molar-refractivity contribution >= 4 is 23.2 Å². The Labute approximate surface area is 170 Å². The van der Waals surface area contributed by atoms with E-state index in [4.69, 9.17) is 4.74 Å². The summed E-state index contributed by atoms with van der Waals surface area (Å²) >= 11 is 1.75. The largest absolute Gasteiger partial charge is 0.375 e. The molecule has 28 heavy (non-hydrogen) atoms. The van der Waals surface area contributed by atoms with Crippen molar-refractivity contribution in [3.05, 3.63) is 57.3 Å². The van der Waals surface area contributed by atoms with Crippen LogP contribution in [0.4, 0.5) is 0 Å². The molecule has 1 aromatic carbocycles. The van der Waals surface area contributed by atoms with E-state index in [1.165, 1.54) is 23.1 Å². The topological polar surface area (TPSA) is 49.9 Å². The minimum absolute atomic E-state index is 0.0125. The van der Waals surface area contributed by atoms with E-state index in [0.717, 1.165) is 12.0 Å². The molecule has 1 aliphatic rings. The van der Waals surface area contributed by atoms with Gasteiger partial charge in [0.1, 0.15) is 13.2 Å². The Morgan fingerprint density at radius 3 is 2.68 bits per heavy atom. The van der Waals surface area contributed by atoms with Crippen LogP contribution in [0, 0.1) is 6.92 Å². The minimum atomic E-state index is -0.161. The highest BCUT2D eigenvalue weighted by atomic mass is 32.1. The third-order valence-corrected chi connectivity index (χ3v) is 6.28. The molecule has 1 atom stereocenters. The summed E-state index contributed by atoms with van der Waals surface area (Å²) in [5, 5.41) is 2.10. The lowest BCUT2D eigenvalue weighted by Crippen LogP contribution is -2.49. The van der Waals surface area contributed by atoms with Crippen LogP contribution in [0.3, 0.4) is 0 Å². The molecule has 5 nitrogen and oxygen atoms in total. The molecule has 2 heterocycles. The molecule has 150 valence electrons. The molecular weight excluding hydrogens is 372 g/mol. The first-order valence-electron chi connectivity index (χ1n) is 9.63. The van der Waals surface area contributed by atoms with E-state index >= 15 is 0 Å². The number of carbonyl (C=O) groups excluding carboxylic acids is 2. The van der Waals surface area contributed by atoms with Crippen LogP contribution in [-0.4, -0.2) is 54.5 Å². The van der Waals surface area contributed by atoms with E-state index in [1.54, 1.807) is 16.2 Å². The molecule has 0 unspecified atom stereocenters. The number of hydrogen-bond acceptors (Lipinski definition) is 4. The lowest BCUT2D eigenvalue weighted by molar-refractivity contribution is -0.145. The first kappa shape index (κ1) is 20.6. The number of hydrogen-bond donors (Lipinski definition) is 0. The summed E-state index contributed by atoms with van der Waals surface area (Å²) in [4.78, 5) is 30.6. The zero-order chi connectivity index (χ0) is 20.3. The van der Waals surface area contributed by atoms with Crippen LogP contribution < -0.4 is 0 Å². The standard InChI is InChI=1S/C22H28N2O3S/c1-15(2)24(21(26)14-27-4)13-20(25)23-11-9-19-18(10-12-28-19)22(23)17-8-6-5-7-16(17)3/h5-8,10,12,15,22H,9,11,13-14H2,1-4H3/t22-/m0/s1. The van der Waals surface area contributed by atoms with E-state index in [1.807, 2.05) is 30.9 Å². The predicted molar refractivity (Wildman–Crippen MR) is 111 cm³/mol. The summed E-state index contributed by atoms with van der Waals surface area (Å²) < 4.78 is 4.99. The van der Waals surface area contributed by atoms with Gasteiger partial charge in [0.05, 0.1) is 6.04 Å². The number of benzene rings is 1. The molecule has 0 saturated carbocycles. The number of methoxy groups -OCH3 is 1. The Hall–Kier alpha value is -2.18. The van der Waals surface area contributed by atoms with Crippen molar-refractivity contribution in [3.8, 4) is 0 Å². The van der Waals surface area contributed by atoms with Crippen molar-refractivity contribution in [2.45, 2.75) is 39.3 Å². The van der Waals surface area contributed by atoms with Gasteiger partial charge in [-0.05, 0) is 55.3 Å². The molecule has 2 amide bonds. The van der Waals surface area contributed by atoms with Crippen LogP contribution in [0.1, 0.15) is 41.5 Å². The second-order valence-corrected chi connectivity index (χ2v) is 8.44. The van der Waals surface area contributed by atoms with Crippen molar-refractivity contribution in [1.29, 1.82) is 0 Å². The summed E-state index contributed by atoms with van der Waals surface area (Å²) in [5.74, 6) is -0.185. The molecular formula is C22H28N2O3S. The number of carbonyl (C=O) groups is 2. The lowest BCUT2D eigenvalue weighted by atomic mass is 9.90. The fraction of sp³-hybridized carbons (Fsp3) is 0.455. The van der Waals surface area contributed by atoms with Crippen molar-refractivity contribution in [3.63, 3.8) is 0 Å². The smallest absolute Gasteiger partial charge is 0.249 e. The number of ether oxygens (including phenoxy) is 1. The van der Waals surface area contributed by atoms with Gasteiger partial charge in [0.25, 0.3) is 0 Å². The zero-order valence-electron chi connectivity index (χ0n) is 17.0. The molecule has 0 N–H and O–H groups in total. The molecule has 1 aromatic heterocycles. The highest BCUT2D eigenvalue weighted by molar-refractivity contribution is 7.10. The van der Waals surface area contributed by atoms with Crippen LogP contribution in [0.15, 0.2) is 35.7 Å². The van der Waals surface area contributed by atoms with Gasteiger partial charge in [-0.1, -0.05) is 24.3 Å². The molecule has 3 rings (SSSR count). The number of rotatable bonds is 6. The quantitative estimate of drug-likeness (QED) is 0.747. The molecule has 0 fully saturated rings. The van der Waals surface area contributed by atoms with Gasteiger partial charge in [-0.25, -0.2) is 0 Å². The average molecular weight is 401 g/mol.